The fourth-order valence-corrected chi connectivity index (χ4v) is 14.6. The minimum Gasteiger partial charge on any atom is -0.872 e. The van der Waals surface area contributed by atoms with Crippen LogP contribution in [-0.2, 0) is 71.2 Å². The van der Waals surface area contributed by atoms with Crippen LogP contribution in [0.25, 0.3) is 16.7 Å². The molecule has 134 heavy (non-hydrogen) atoms. The zero-order valence-electron chi connectivity index (χ0n) is 66.2. The van der Waals surface area contributed by atoms with E-state index in [-0.39, 0.29) is 24.3 Å². The molecule has 3 aliphatic carbocycles. The lowest BCUT2D eigenvalue weighted by atomic mass is 9.81. The summed E-state index contributed by atoms with van der Waals surface area (Å²) in [5.74, 6) is -74.2. The Morgan fingerprint density at radius 2 is 0.746 bits per heavy atom. The monoisotopic (exact) mass is 1880 g/mol. The average Bonchev–Trinajstić information content (AvgIpc) is 1.06. The van der Waals surface area contributed by atoms with Gasteiger partial charge in [-0.3, -0.25) is 14.4 Å². The van der Waals surface area contributed by atoms with E-state index in [1.54, 1.807) is 0 Å². The second-order valence-electron chi connectivity index (χ2n) is 29.6. The highest BCUT2D eigenvalue weighted by Gasteiger charge is 2.59. The van der Waals surface area contributed by atoms with Gasteiger partial charge < -0.3 is 210 Å². The van der Waals surface area contributed by atoms with Crippen molar-refractivity contribution in [1.82, 2.24) is 0 Å². The van der Waals surface area contributed by atoms with Crippen molar-refractivity contribution in [3.05, 3.63) is 169 Å². The minimum atomic E-state index is -3.15. The number of esters is 10. The summed E-state index contributed by atoms with van der Waals surface area (Å²) in [7, 11) is 0. The smallest absolute Gasteiger partial charge is 0.344 e. The number of allylic oxidation sites excluding steroid dienone is 3. The number of fused-ring (bicyclic) bond motifs is 8. The zero-order valence-corrected chi connectivity index (χ0v) is 66.2. The lowest BCUT2D eigenvalue weighted by Crippen LogP contribution is -2.63. The van der Waals surface area contributed by atoms with Gasteiger partial charge in [0.25, 0.3) is 0 Å². The number of carbonyl (C=O) groups is 10. The number of aliphatic hydroxyl groups is 9. The van der Waals surface area contributed by atoms with Crippen LogP contribution in [-0.4, -0.2) is 262 Å². The van der Waals surface area contributed by atoms with Crippen LogP contribution in [0.3, 0.4) is 0 Å². The van der Waals surface area contributed by atoms with Gasteiger partial charge in [0.05, 0.1) is 51.1 Å². The minimum absolute atomic E-state index is 0.0285. The number of benzene rings is 7. The molecule has 0 amide bonds. The number of hydrogen-bond donors (Lipinski definition) is 25. The van der Waals surface area contributed by atoms with Crippen LogP contribution in [0.15, 0.2) is 125 Å². The highest BCUT2D eigenvalue weighted by molar-refractivity contribution is 6.09. The maximum atomic E-state index is 15.8. The van der Waals surface area contributed by atoms with Crippen LogP contribution in [0.4, 0.5) is 0 Å². The summed E-state index contributed by atoms with van der Waals surface area (Å²) < 4.78 is 74.4. The second-order valence-corrected chi connectivity index (χ2v) is 29.6. The Hall–Kier alpha value is -18.4. The van der Waals surface area contributed by atoms with Crippen molar-refractivity contribution in [2.45, 2.75) is 80.7 Å². The molecule has 0 aromatic heterocycles. The lowest BCUT2D eigenvalue weighted by molar-refractivity contribution is -0.317. The van der Waals surface area contributed by atoms with Gasteiger partial charge in [-0.2, -0.15) is 0 Å². The molecule has 13 atom stereocenters. The predicted molar refractivity (Wildman–Crippen MR) is 407 cm³/mol. The molecule has 52 nitrogen and oxygen atoms in total. The normalized spacial score (nSPS) is 22.9. The first-order chi connectivity index (χ1) is 63.0. The average molecular weight is 1880 g/mol. The summed E-state index contributed by atoms with van der Waals surface area (Å²) in [5, 5.41) is 327. The molecule has 7 aromatic carbocycles. The summed E-state index contributed by atoms with van der Waals surface area (Å²) in [5.41, 5.74) is -15.1. The summed E-state index contributed by atoms with van der Waals surface area (Å²) in [6.07, 6.45) is -31.2. The zero-order chi connectivity index (χ0) is 97.7. The SMILES string of the molecule is O=C(O[C@@H]1O[C@@H]2COC(=O)c3cc(O)c(O)c(O)c3-c3c(cc(Oc4c(C(=O)O[C@@H]5O[C@@H]6COC(=O)C7CC(O)=C(O)C(O)=C7c7c(cc(O)c(O)c7[O-])C(=O)O[C@H]6[C@H](OC(=O)C6C=C(O)C(O)=C(O)C6)[C@H]5OC(=O)C5C=C(O)C(O)=C(O)C5)cc(O)c([O-])c4O)c([O-])c3[O-])C(=O)O[C@H]2[C@H](OC(=O)c2cc(O)c(O)c(O)c2)[C@H]1OC(=O)c1cc(O)c(O)c(O)c1)c1cc(O)c(O)c(O)c1. The third-order valence-corrected chi connectivity index (χ3v) is 21.2. The molecule has 0 radical (unpaired) electrons. The summed E-state index contributed by atoms with van der Waals surface area (Å²) in [6, 6.07) is 2.71. The number of phenols is 16. The molecule has 7 aliphatic rings. The van der Waals surface area contributed by atoms with Crippen molar-refractivity contribution >= 4 is 65.3 Å². The Kier molecular flexibility index (Phi) is 23.7. The molecule has 25 N–H and O–H groups in total. The van der Waals surface area contributed by atoms with Gasteiger partial charge in [-0.1, -0.05) is 11.5 Å². The van der Waals surface area contributed by atoms with Crippen LogP contribution in [0.1, 0.15) is 97.3 Å². The first-order valence-electron chi connectivity index (χ1n) is 37.7. The van der Waals surface area contributed by atoms with E-state index in [1.807, 2.05) is 0 Å². The van der Waals surface area contributed by atoms with Crippen molar-refractivity contribution in [2.75, 3.05) is 13.2 Å². The molecule has 52 heteroatoms. The lowest BCUT2D eigenvalue weighted by Gasteiger charge is -2.44. The largest absolute Gasteiger partial charge is 0.872 e. The molecule has 2 fully saturated rings. The van der Waals surface area contributed by atoms with Crippen molar-refractivity contribution in [3.8, 4) is 138 Å². The number of aromatic hydroxyl groups is 16. The van der Waals surface area contributed by atoms with Gasteiger partial charge in [0.2, 0.25) is 30.5 Å². The maximum absolute atomic E-state index is 15.8. The van der Waals surface area contributed by atoms with Gasteiger partial charge in [-0.25, -0.2) is 33.6 Å². The standard InChI is InChI=1S/C82H64O52/c83-28-1-18(2-29(84)49(28)97)71(112)129-67-66-43(125-81(133-75(116)22-9-36(91)53(101)37(92)10-22)69(67)131-73(114)20-5-32(87)51(99)33(88)6-20)16-122-77(118)24-12-39(94)55(103)60(108)46(24)48-26(79(120)128-66)15-42(58(106)62(48)110)124-64-27(14-41(96)57(105)63(64)111)80(121)134-82-70(132-74(115)21-7-34(89)52(100)35(90)8-21)68(130-72(113)19-3-30(85)50(98)31(86)4-19)65-44(126-82)17-123-76(117)23-11-38(93)54(102)59(107)45(23)47-25(78(119)127-65)13-40(95)56(104)61(47)109/h1-3,5-7,9-10,12-15,19,21,23,43-44,65-70,81-111H,4,8,11,16-17H2/p-4/t19?,21?,23?,43-,44-,65-,66-,67+,68+,69-,70-,81+,82+/m1/s1. The number of cyclic esters (lactones) is 2. The Labute approximate surface area is 738 Å². The van der Waals surface area contributed by atoms with Crippen LogP contribution in [0.5, 0.6) is 126 Å². The van der Waals surface area contributed by atoms with Crippen molar-refractivity contribution in [1.29, 1.82) is 0 Å². The van der Waals surface area contributed by atoms with E-state index >= 15 is 24.6 Å². The van der Waals surface area contributed by atoms with E-state index in [4.69, 9.17) is 61.6 Å². The fourth-order valence-electron chi connectivity index (χ4n) is 14.6. The molecule has 4 aliphatic heterocycles. The van der Waals surface area contributed by atoms with Crippen LogP contribution in [0.2, 0.25) is 0 Å². The van der Waals surface area contributed by atoms with Crippen molar-refractivity contribution < 1.29 is 258 Å². The number of rotatable bonds is 14. The third kappa shape index (κ3) is 16.5. The topological polar surface area (TPSA) is 889 Å². The molecule has 7 aromatic rings. The molecule has 0 saturated carbocycles. The highest BCUT2D eigenvalue weighted by atomic mass is 16.8. The van der Waals surface area contributed by atoms with Crippen molar-refractivity contribution in [3.63, 3.8) is 0 Å². The number of phenolic OH excluding ortho intramolecular Hbond substituents is 16. The van der Waals surface area contributed by atoms with E-state index in [1.165, 1.54) is 0 Å². The van der Waals surface area contributed by atoms with Gasteiger partial charge in [0.15, 0.2) is 139 Å². The molecule has 704 valence electrons. The third-order valence-electron chi connectivity index (χ3n) is 21.2. The van der Waals surface area contributed by atoms with Crippen LogP contribution < -0.4 is 25.2 Å². The molecule has 0 spiro atoms. The highest BCUT2D eigenvalue weighted by Crippen LogP contribution is 2.56. The number of aliphatic hydroxyl groups excluding tert-OH is 9. The Morgan fingerprint density at radius 3 is 1.23 bits per heavy atom. The first kappa shape index (κ1) is 91.8. The quantitative estimate of drug-likeness (QED) is 0.0421. The van der Waals surface area contributed by atoms with E-state index < -0.39 is 411 Å². The predicted octanol–water partition coefficient (Wildman–Crippen LogP) is 2.14. The maximum Gasteiger partial charge on any atom is 0.344 e. The van der Waals surface area contributed by atoms with E-state index in [0.29, 0.717) is 48.6 Å². The molecule has 14 rings (SSSR count). The van der Waals surface area contributed by atoms with Crippen LogP contribution in [0, 0.1) is 17.8 Å². The van der Waals surface area contributed by atoms with Crippen LogP contribution >= 0.6 is 0 Å². The van der Waals surface area contributed by atoms with Gasteiger partial charge in [-0.05, 0) is 89.7 Å². The molecule has 4 heterocycles. The Bertz CT molecular complexity index is 6410. The van der Waals surface area contributed by atoms with E-state index in [2.05, 4.69) is 0 Å². The number of carbonyl (C=O) groups excluding carboxylic acids is 10. The molecular weight excluding hydrogens is 1820 g/mol. The van der Waals surface area contributed by atoms with Crippen molar-refractivity contribution in [2.24, 2.45) is 17.8 Å². The van der Waals surface area contributed by atoms with Gasteiger partial charge >= 0.3 is 59.7 Å². The molecule has 3 unspecified atom stereocenters. The Morgan fingerprint density at radius 1 is 0.343 bits per heavy atom. The summed E-state index contributed by atoms with van der Waals surface area (Å²) in [6.45, 7) is -3.20. The molecule has 0 bridgehead atoms. The van der Waals surface area contributed by atoms with E-state index in [0.717, 1.165) is 0 Å². The second kappa shape index (κ2) is 34.6. The molecular formula is C82H60O52-4. The van der Waals surface area contributed by atoms with E-state index in [9.17, 15) is 171 Å². The summed E-state index contributed by atoms with van der Waals surface area (Å²) in [4.78, 5) is 149. The van der Waals surface area contributed by atoms with Gasteiger partial charge in [0, 0.05) is 30.4 Å². The fraction of sp³-hybridized carbons (Fsp3) is 0.220. The number of hydrogen-bond acceptors (Lipinski definition) is 52. The van der Waals surface area contributed by atoms with Gasteiger partial charge in [0.1, 0.15) is 65.5 Å². The summed E-state index contributed by atoms with van der Waals surface area (Å²) >= 11 is 0. The van der Waals surface area contributed by atoms with Gasteiger partial charge in [-0.15, -0.1) is 5.75 Å². The first-order valence-corrected chi connectivity index (χ1v) is 37.7. The molecule has 2 saturated heterocycles. The number of ether oxygens (including phenoxy) is 13. The Balaban J connectivity index is 0.920.